The molecule has 100 valence electrons. The summed E-state index contributed by atoms with van der Waals surface area (Å²) in [5, 5.41) is 3.90. The Hall–Kier alpha value is -1.33. The summed E-state index contributed by atoms with van der Waals surface area (Å²) in [7, 11) is 1.64. The van der Waals surface area contributed by atoms with Gasteiger partial charge in [-0.05, 0) is 18.9 Å². The normalized spacial score (nSPS) is 25.1. The van der Waals surface area contributed by atoms with Gasteiger partial charge in [-0.2, -0.15) is 18.3 Å². The van der Waals surface area contributed by atoms with Crippen LogP contribution in [0.3, 0.4) is 0 Å². The molecule has 2 unspecified atom stereocenters. The molecular weight excluding hydrogens is 245 g/mol. The van der Waals surface area contributed by atoms with Crippen molar-refractivity contribution in [2.75, 3.05) is 0 Å². The zero-order chi connectivity index (χ0) is 13.3. The first-order valence-corrected chi connectivity index (χ1v) is 6.00. The first kappa shape index (κ1) is 13.1. The smallest absolute Gasteiger partial charge is 0.292 e. The van der Waals surface area contributed by atoms with Crippen LogP contribution >= 0.6 is 0 Å². The first-order valence-electron chi connectivity index (χ1n) is 6.00. The van der Waals surface area contributed by atoms with Gasteiger partial charge in [0.2, 0.25) is 0 Å². The molecule has 1 aliphatic rings. The summed E-state index contributed by atoms with van der Waals surface area (Å²) in [6.45, 7) is 0. The van der Waals surface area contributed by atoms with Crippen molar-refractivity contribution in [3.63, 3.8) is 0 Å². The lowest BCUT2D eigenvalue weighted by Crippen LogP contribution is -2.37. The van der Waals surface area contributed by atoms with Crippen LogP contribution in [0.15, 0.2) is 12.3 Å². The highest BCUT2D eigenvalue weighted by Crippen LogP contribution is 2.42. The summed E-state index contributed by atoms with van der Waals surface area (Å²) >= 11 is 0. The second-order valence-corrected chi connectivity index (χ2v) is 4.78. The van der Waals surface area contributed by atoms with Crippen LogP contribution in [0, 0.1) is 11.8 Å². The van der Waals surface area contributed by atoms with E-state index in [1.807, 2.05) is 0 Å². The second kappa shape index (κ2) is 4.74. The number of rotatable bonds is 2. The number of nitrogens with zero attached hydrogens (tertiary/aromatic N) is 2. The molecular formula is C12H15F3N2O. The Balaban J connectivity index is 2.21. The molecule has 1 fully saturated rings. The third kappa shape index (κ3) is 2.57. The Morgan fingerprint density at radius 1 is 1.39 bits per heavy atom. The fraction of sp³-hybridized carbons (Fsp3) is 0.667. The molecule has 2 atom stereocenters. The molecule has 18 heavy (non-hydrogen) atoms. The van der Waals surface area contributed by atoms with Crippen molar-refractivity contribution in [1.82, 2.24) is 9.78 Å². The number of alkyl halides is 3. The zero-order valence-electron chi connectivity index (χ0n) is 10.1. The predicted octanol–water partition coefficient (Wildman–Crippen LogP) is 2.97. The Morgan fingerprint density at radius 3 is 2.61 bits per heavy atom. The van der Waals surface area contributed by atoms with Gasteiger partial charge in [0.25, 0.3) is 0 Å². The van der Waals surface area contributed by atoms with E-state index < -0.39 is 23.8 Å². The fourth-order valence-corrected chi connectivity index (χ4v) is 2.57. The van der Waals surface area contributed by atoms with Crippen molar-refractivity contribution >= 4 is 5.78 Å². The van der Waals surface area contributed by atoms with Gasteiger partial charge in [-0.25, -0.2) is 0 Å². The highest BCUT2D eigenvalue weighted by molar-refractivity contribution is 5.96. The van der Waals surface area contributed by atoms with Gasteiger partial charge in [0, 0.05) is 19.2 Å². The molecule has 6 heteroatoms. The topological polar surface area (TPSA) is 34.9 Å². The van der Waals surface area contributed by atoms with Gasteiger partial charge in [-0.3, -0.25) is 9.48 Å². The van der Waals surface area contributed by atoms with Crippen molar-refractivity contribution in [3.05, 3.63) is 18.0 Å². The third-order valence-electron chi connectivity index (χ3n) is 3.49. The van der Waals surface area contributed by atoms with E-state index >= 15 is 0 Å². The fourth-order valence-electron chi connectivity index (χ4n) is 2.57. The summed E-state index contributed by atoms with van der Waals surface area (Å²) in [5.41, 5.74) is 0.138. The van der Waals surface area contributed by atoms with Crippen LogP contribution in [0.1, 0.15) is 36.2 Å². The van der Waals surface area contributed by atoms with Crippen LogP contribution in [-0.4, -0.2) is 21.7 Å². The molecule has 1 aromatic rings. The Labute approximate surface area is 103 Å². The maximum Gasteiger partial charge on any atom is 0.392 e. The van der Waals surface area contributed by atoms with E-state index in [2.05, 4.69) is 5.10 Å². The van der Waals surface area contributed by atoms with Gasteiger partial charge in [-0.15, -0.1) is 0 Å². The monoisotopic (exact) mass is 260 g/mol. The SMILES string of the molecule is Cn1ccc(C(=O)C2CCCCC2C(F)(F)F)n1. The second-order valence-electron chi connectivity index (χ2n) is 4.78. The van der Waals surface area contributed by atoms with E-state index in [9.17, 15) is 18.0 Å². The summed E-state index contributed by atoms with van der Waals surface area (Å²) in [6, 6.07) is 1.48. The number of aromatic nitrogens is 2. The molecule has 0 saturated heterocycles. The maximum atomic E-state index is 12.9. The van der Waals surface area contributed by atoms with E-state index in [0.717, 1.165) is 0 Å². The minimum absolute atomic E-state index is 0.0484. The Kier molecular flexibility index (Phi) is 3.45. The number of Topliss-reactive ketones (excluding diaryl/α,β-unsaturated/α-hetero) is 1. The predicted molar refractivity (Wildman–Crippen MR) is 59.0 cm³/mol. The average molecular weight is 260 g/mol. The van der Waals surface area contributed by atoms with Crippen LogP contribution in [0.5, 0.6) is 0 Å². The molecule has 0 aromatic carbocycles. The standard InChI is InChI=1S/C12H15F3N2O/c1-17-7-6-10(16-17)11(18)8-4-2-3-5-9(8)12(13,14)15/h6-9H,2-5H2,1H3. The number of hydrogen-bond acceptors (Lipinski definition) is 2. The van der Waals surface area contributed by atoms with Crippen LogP contribution < -0.4 is 0 Å². The van der Waals surface area contributed by atoms with Crippen molar-refractivity contribution in [2.45, 2.75) is 31.9 Å². The summed E-state index contributed by atoms with van der Waals surface area (Å²) in [6.07, 6.45) is -1.16. The van der Waals surface area contributed by atoms with E-state index in [-0.39, 0.29) is 12.1 Å². The molecule has 0 amide bonds. The number of halogens is 3. The van der Waals surface area contributed by atoms with Crippen molar-refractivity contribution in [1.29, 1.82) is 0 Å². The van der Waals surface area contributed by atoms with E-state index in [4.69, 9.17) is 0 Å². The van der Waals surface area contributed by atoms with Gasteiger partial charge in [-0.1, -0.05) is 12.8 Å². The molecule has 0 aliphatic heterocycles. The Bertz CT molecular complexity index is 439. The molecule has 0 bridgehead atoms. The lowest BCUT2D eigenvalue weighted by Gasteiger charge is -2.31. The molecule has 0 N–H and O–H groups in total. The van der Waals surface area contributed by atoms with Crippen LogP contribution in [0.4, 0.5) is 13.2 Å². The minimum Gasteiger partial charge on any atom is -0.292 e. The average Bonchev–Trinajstić information content (AvgIpc) is 2.74. The van der Waals surface area contributed by atoms with Crippen molar-refractivity contribution in [3.8, 4) is 0 Å². The van der Waals surface area contributed by atoms with Crippen LogP contribution in [0.25, 0.3) is 0 Å². The van der Waals surface area contributed by atoms with Gasteiger partial charge < -0.3 is 0 Å². The highest BCUT2D eigenvalue weighted by atomic mass is 19.4. The van der Waals surface area contributed by atoms with E-state index in [0.29, 0.717) is 19.3 Å². The van der Waals surface area contributed by atoms with Gasteiger partial charge >= 0.3 is 6.18 Å². The summed E-state index contributed by atoms with van der Waals surface area (Å²) < 4.78 is 40.1. The number of hydrogen-bond donors (Lipinski definition) is 0. The largest absolute Gasteiger partial charge is 0.392 e. The van der Waals surface area contributed by atoms with Crippen molar-refractivity contribution in [2.24, 2.45) is 18.9 Å². The number of carbonyl (C=O) groups excluding carboxylic acids is 1. The number of aryl methyl sites for hydroxylation is 1. The first-order chi connectivity index (χ1) is 8.39. The minimum atomic E-state index is -4.30. The molecule has 1 aliphatic carbocycles. The van der Waals surface area contributed by atoms with Crippen molar-refractivity contribution < 1.29 is 18.0 Å². The highest BCUT2D eigenvalue weighted by Gasteiger charge is 2.48. The molecule has 3 nitrogen and oxygen atoms in total. The van der Waals surface area contributed by atoms with Crippen LogP contribution in [-0.2, 0) is 7.05 Å². The van der Waals surface area contributed by atoms with Gasteiger partial charge in [0.05, 0.1) is 5.92 Å². The lowest BCUT2D eigenvalue weighted by atomic mass is 9.76. The number of carbonyl (C=O) groups is 1. The summed E-state index contributed by atoms with van der Waals surface area (Å²) in [4.78, 5) is 12.1. The van der Waals surface area contributed by atoms with Gasteiger partial charge in [0.1, 0.15) is 5.69 Å². The van der Waals surface area contributed by atoms with Crippen LogP contribution in [0.2, 0.25) is 0 Å². The summed E-state index contributed by atoms with van der Waals surface area (Å²) in [5.74, 6) is -2.95. The van der Waals surface area contributed by atoms with E-state index in [1.54, 1.807) is 13.2 Å². The molecule has 2 rings (SSSR count). The zero-order valence-corrected chi connectivity index (χ0v) is 10.1. The quantitative estimate of drug-likeness (QED) is 0.766. The number of ketones is 1. The van der Waals surface area contributed by atoms with Gasteiger partial charge in [0.15, 0.2) is 5.78 Å². The molecule has 1 saturated carbocycles. The maximum absolute atomic E-state index is 12.9. The molecule has 1 aromatic heterocycles. The molecule has 1 heterocycles. The molecule has 0 spiro atoms. The third-order valence-corrected chi connectivity index (χ3v) is 3.49. The molecule has 0 radical (unpaired) electrons. The van der Waals surface area contributed by atoms with E-state index in [1.165, 1.54) is 10.7 Å². The lowest BCUT2D eigenvalue weighted by molar-refractivity contribution is -0.191. The Morgan fingerprint density at radius 2 is 2.06 bits per heavy atom.